The molecule has 0 saturated carbocycles. The number of piperidine rings is 1. The van der Waals surface area contributed by atoms with Crippen molar-refractivity contribution in [1.82, 2.24) is 10.2 Å². The van der Waals surface area contributed by atoms with E-state index in [0.29, 0.717) is 6.04 Å². The van der Waals surface area contributed by atoms with Crippen LogP contribution in [0.1, 0.15) is 44.2 Å². The molecule has 0 aliphatic carbocycles. The van der Waals surface area contributed by atoms with Crippen LogP contribution in [0.4, 0.5) is 4.39 Å². The molecule has 0 spiro atoms. The number of hydrogen-bond donors (Lipinski definition) is 1. The van der Waals surface area contributed by atoms with Crippen LogP contribution in [0, 0.1) is 5.82 Å². The van der Waals surface area contributed by atoms with E-state index in [9.17, 15) is 4.39 Å². The third-order valence-corrected chi connectivity index (χ3v) is 4.21. The molecule has 19 heavy (non-hydrogen) atoms. The van der Waals surface area contributed by atoms with E-state index in [1.165, 1.54) is 25.8 Å². The molecule has 0 bridgehead atoms. The Balaban J connectivity index is 1.94. The van der Waals surface area contributed by atoms with Crippen LogP contribution < -0.4 is 5.32 Å². The Morgan fingerprint density at radius 1 is 1.37 bits per heavy atom. The number of likely N-dealkylation sites (tertiary alicyclic amines) is 1. The van der Waals surface area contributed by atoms with E-state index < -0.39 is 0 Å². The van der Waals surface area contributed by atoms with Gasteiger partial charge in [0.25, 0.3) is 0 Å². The quantitative estimate of drug-likeness (QED) is 0.877. The van der Waals surface area contributed by atoms with E-state index in [1.54, 1.807) is 12.1 Å². The highest BCUT2D eigenvalue weighted by Crippen LogP contribution is 2.21. The van der Waals surface area contributed by atoms with Crippen molar-refractivity contribution in [2.24, 2.45) is 0 Å². The van der Waals surface area contributed by atoms with Gasteiger partial charge in [-0.1, -0.05) is 31.5 Å². The maximum atomic E-state index is 13.8. The summed E-state index contributed by atoms with van der Waals surface area (Å²) in [5, 5.41) is 3.54. The zero-order valence-corrected chi connectivity index (χ0v) is 12.0. The first kappa shape index (κ1) is 14.5. The molecule has 2 unspecified atom stereocenters. The smallest absolute Gasteiger partial charge is 0.127 e. The van der Waals surface area contributed by atoms with E-state index in [1.807, 2.05) is 12.1 Å². The molecule has 1 heterocycles. The second-order valence-electron chi connectivity index (χ2n) is 5.52. The predicted octanol–water partition coefficient (Wildman–Crippen LogP) is 3.35. The Bertz CT molecular complexity index is 394. The van der Waals surface area contributed by atoms with Gasteiger partial charge in [-0.2, -0.15) is 0 Å². The Morgan fingerprint density at radius 3 is 2.84 bits per heavy atom. The van der Waals surface area contributed by atoms with Gasteiger partial charge in [0.2, 0.25) is 0 Å². The number of nitrogens with one attached hydrogen (secondary N) is 1. The van der Waals surface area contributed by atoms with Gasteiger partial charge in [0.15, 0.2) is 0 Å². The van der Waals surface area contributed by atoms with Crippen LogP contribution in [-0.4, -0.2) is 31.1 Å². The molecule has 0 aromatic heterocycles. The van der Waals surface area contributed by atoms with Crippen molar-refractivity contribution in [3.05, 3.63) is 35.6 Å². The molecular weight excluding hydrogens is 239 g/mol. The minimum absolute atomic E-state index is 0.0983. The molecule has 2 nitrogen and oxygen atoms in total. The molecule has 0 radical (unpaired) electrons. The van der Waals surface area contributed by atoms with Crippen LogP contribution in [0.3, 0.4) is 0 Å². The number of benzene rings is 1. The fourth-order valence-corrected chi connectivity index (χ4v) is 2.91. The molecule has 1 N–H and O–H groups in total. The molecule has 1 aliphatic rings. The second kappa shape index (κ2) is 7.01. The van der Waals surface area contributed by atoms with Gasteiger partial charge in [-0.25, -0.2) is 4.39 Å². The maximum Gasteiger partial charge on any atom is 0.127 e. The standard InChI is InChI=1S/C16H25FN2/c1-3-16(14-9-4-5-10-15(14)17)18-12-13-8-6-7-11-19(13)2/h4-5,9-10,13,16,18H,3,6-8,11-12H2,1-2H3. The first-order chi connectivity index (χ1) is 9.22. The summed E-state index contributed by atoms with van der Waals surface area (Å²) in [7, 11) is 2.19. The summed E-state index contributed by atoms with van der Waals surface area (Å²) in [5.74, 6) is -0.0983. The van der Waals surface area contributed by atoms with Gasteiger partial charge < -0.3 is 10.2 Å². The van der Waals surface area contributed by atoms with Crippen LogP contribution in [-0.2, 0) is 0 Å². The molecule has 0 amide bonds. The SMILES string of the molecule is CCC(NCC1CCCCN1C)c1ccccc1F. The zero-order chi connectivity index (χ0) is 13.7. The van der Waals surface area contributed by atoms with E-state index in [2.05, 4.69) is 24.2 Å². The van der Waals surface area contributed by atoms with Crippen molar-refractivity contribution >= 4 is 0 Å². The van der Waals surface area contributed by atoms with Crippen LogP contribution in [0.25, 0.3) is 0 Å². The molecule has 2 atom stereocenters. The van der Waals surface area contributed by atoms with Gasteiger partial charge in [-0.3, -0.25) is 0 Å². The van der Waals surface area contributed by atoms with Crippen molar-refractivity contribution in [3.63, 3.8) is 0 Å². The molecular formula is C16H25FN2. The van der Waals surface area contributed by atoms with Crippen molar-refractivity contribution in [3.8, 4) is 0 Å². The fourth-order valence-electron chi connectivity index (χ4n) is 2.91. The monoisotopic (exact) mass is 264 g/mol. The number of halogens is 1. The highest BCUT2D eigenvalue weighted by atomic mass is 19.1. The normalized spacial score (nSPS) is 22.4. The summed E-state index contributed by atoms with van der Waals surface area (Å²) in [6.07, 6.45) is 4.78. The van der Waals surface area contributed by atoms with Crippen molar-refractivity contribution in [2.45, 2.75) is 44.7 Å². The molecule has 1 saturated heterocycles. The Kier molecular flexibility index (Phi) is 5.34. The van der Waals surface area contributed by atoms with Crippen LogP contribution >= 0.6 is 0 Å². The number of hydrogen-bond acceptors (Lipinski definition) is 2. The molecule has 2 rings (SSSR count). The summed E-state index contributed by atoms with van der Waals surface area (Å²) in [6, 6.07) is 7.81. The van der Waals surface area contributed by atoms with Crippen LogP contribution in [0.15, 0.2) is 24.3 Å². The third-order valence-electron chi connectivity index (χ3n) is 4.21. The molecule has 106 valence electrons. The first-order valence-corrected chi connectivity index (χ1v) is 7.40. The van der Waals surface area contributed by atoms with Gasteiger partial charge >= 0.3 is 0 Å². The second-order valence-corrected chi connectivity index (χ2v) is 5.52. The minimum atomic E-state index is -0.0983. The topological polar surface area (TPSA) is 15.3 Å². The Hall–Kier alpha value is -0.930. The summed E-state index contributed by atoms with van der Waals surface area (Å²) in [4.78, 5) is 2.42. The lowest BCUT2D eigenvalue weighted by atomic mass is 10.0. The average Bonchev–Trinajstić information content (AvgIpc) is 2.43. The lowest BCUT2D eigenvalue weighted by molar-refractivity contribution is 0.177. The Morgan fingerprint density at radius 2 is 2.16 bits per heavy atom. The van der Waals surface area contributed by atoms with Crippen molar-refractivity contribution < 1.29 is 4.39 Å². The number of rotatable bonds is 5. The van der Waals surface area contributed by atoms with Crippen molar-refractivity contribution in [2.75, 3.05) is 20.1 Å². The van der Waals surface area contributed by atoms with E-state index >= 15 is 0 Å². The molecule has 1 aliphatic heterocycles. The number of nitrogens with zero attached hydrogens (tertiary/aromatic N) is 1. The minimum Gasteiger partial charge on any atom is -0.308 e. The van der Waals surface area contributed by atoms with Gasteiger partial charge in [-0.15, -0.1) is 0 Å². The van der Waals surface area contributed by atoms with Gasteiger partial charge in [0, 0.05) is 24.2 Å². The summed E-state index contributed by atoms with van der Waals surface area (Å²) in [6.45, 7) is 4.24. The summed E-state index contributed by atoms with van der Waals surface area (Å²) in [5.41, 5.74) is 0.795. The zero-order valence-electron chi connectivity index (χ0n) is 12.0. The number of likely N-dealkylation sites (N-methyl/N-ethyl adjacent to an activating group) is 1. The van der Waals surface area contributed by atoms with Crippen LogP contribution in [0.2, 0.25) is 0 Å². The lowest BCUT2D eigenvalue weighted by Gasteiger charge is -2.33. The average molecular weight is 264 g/mol. The molecule has 1 aromatic rings. The maximum absolute atomic E-state index is 13.8. The summed E-state index contributed by atoms with van der Waals surface area (Å²) >= 11 is 0. The van der Waals surface area contributed by atoms with E-state index in [0.717, 1.165) is 18.5 Å². The fraction of sp³-hybridized carbons (Fsp3) is 0.625. The third kappa shape index (κ3) is 3.77. The largest absolute Gasteiger partial charge is 0.308 e. The summed E-state index contributed by atoms with van der Waals surface area (Å²) < 4.78 is 13.8. The van der Waals surface area contributed by atoms with E-state index in [-0.39, 0.29) is 11.9 Å². The van der Waals surface area contributed by atoms with Crippen molar-refractivity contribution in [1.29, 1.82) is 0 Å². The molecule has 3 heteroatoms. The van der Waals surface area contributed by atoms with Gasteiger partial charge in [-0.05, 0) is 38.9 Å². The first-order valence-electron chi connectivity index (χ1n) is 7.40. The lowest BCUT2D eigenvalue weighted by Crippen LogP contribution is -2.43. The van der Waals surface area contributed by atoms with E-state index in [4.69, 9.17) is 0 Å². The highest BCUT2D eigenvalue weighted by molar-refractivity contribution is 5.21. The highest BCUT2D eigenvalue weighted by Gasteiger charge is 2.20. The van der Waals surface area contributed by atoms with Gasteiger partial charge in [0.05, 0.1) is 0 Å². The Labute approximate surface area is 116 Å². The predicted molar refractivity (Wildman–Crippen MR) is 77.7 cm³/mol. The van der Waals surface area contributed by atoms with Crippen LogP contribution in [0.5, 0.6) is 0 Å². The molecule has 1 fully saturated rings. The molecule has 1 aromatic carbocycles. The van der Waals surface area contributed by atoms with Gasteiger partial charge in [0.1, 0.15) is 5.82 Å².